The maximum absolute atomic E-state index is 9.49. The zero-order chi connectivity index (χ0) is 7.47. The number of nitrogens with one attached hydrogen (secondary N) is 2. The Kier molecular flexibility index (Phi) is 1.04. The molecule has 62 valence electrons. The second-order valence-corrected chi connectivity index (χ2v) is 4.22. The Labute approximate surface area is 66.1 Å². The van der Waals surface area contributed by atoms with Crippen molar-refractivity contribution in [3.05, 3.63) is 0 Å². The van der Waals surface area contributed by atoms with Crippen molar-refractivity contribution in [1.29, 1.82) is 0 Å². The Morgan fingerprint density at radius 2 is 1.64 bits per heavy atom. The maximum atomic E-state index is 9.49. The molecule has 2 aliphatic carbocycles. The average Bonchev–Trinajstić information content (AvgIpc) is 2.66. The van der Waals surface area contributed by atoms with E-state index in [1.165, 1.54) is 12.8 Å². The van der Waals surface area contributed by atoms with E-state index in [1.807, 2.05) is 0 Å². The highest BCUT2D eigenvalue weighted by Crippen LogP contribution is 2.51. The molecule has 3 heteroatoms. The van der Waals surface area contributed by atoms with Gasteiger partial charge in [-0.15, -0.1) is 0 Å². The van der Waals surface area contributed by atoms with E-state index in [2.05, 4.69) is 10.9 Å². The van der Waals surface area contributed by atoms with E-state index in [4.69, 9.17) is 0 Å². The first kappa shape index (κ1) is 6.40. The fourth-order valence-electron chi connectivity index (χ4n) is 3.03. The van der Waals surface area contributed by atoms with Gasteiger partial charge in [0.2, 0.25) is 0 Å². The van der Waals surface area contributed by atoms with Crippen molar-refractivity contribution in [3.8, 4) is 0 Å². The summed E-state index contributed by atoms with van der Waals surface area (Å²) in [6.45, 7) is 0. The van der Waals surface area contributed by atoms with Crippen molar-refractivity contribution in [3.63, 3.8) is 0 Å². The molecule has 2 saturated carbocycles. The monoisotopic (exact) mass is 154 g/mol. The molecule has 0 aromatic rings. The number of aliphatic hydroxyl groups excluding tert-OH is 1. The maximum Gasteiger partial charge on any atom is 0.100 e. The van der Waals surface area contributed by atoms with Gasteiger partial charge in [0.15, 0.2) is 0 Å². The molecule has 0 amide bonds. The van der Waals surface area contributed by atoms with Gasteiger partial charge in [0, 0.05) is 0 Å². The smallest absolute Gasteiger partial charge is 0.100 e. The summed E-state index contributed by atoms with van der Waals surface area (Å²) in [6.07, 6.45) is 4.55. The van der Waals surface area contributed by atoms with Gasteiger partial charge in [0.1, 0.15) is 5.66 Å². The average molecular weight is 154 g/mol. The summed E-state index contributed by atoms with van der Waals surface area (Å²) < 4.78 is 0. The van der Waals surface area contributed by atoms with Crippen LogP contribution in [0.4, 0.5) is 0 Å². The van der Waals surface area contributed by atoms with E-state index in [-0.39, 0.29) is 11.8 Å². The third-order valence-electron chi connectivity index (χ3n) is 3.68. The van der Waals surface area contributed by atoms with Crippen LogP contribution in [0.5, 0.6) is 0 Å². The van der Waals surface area contributed by atoms with Gasteiger partial charge in [0.05, 0.1) is 6.10 Å². The summed E-state index contributed by atoms with van der Waals surface area (Å²) in [4.78, 5) is 0. The van der Waals surface area contributed by atoms with E-state index < -0.39 is 0 Å². The zero-order valence-corrected chi connectivity index (χ0v) is 6.51. The summed E-state index contributed by atoms with van der Waals surface area (Å²) in [7, 11) is 0. The normalized spacial score (nSPS) is 51.5. The minimum Gasteiger partial charge on any atom is -0.393 e. The molecule has 0 radical (unpaired) electrons. The lowest BCUT2D eigenvalue weighted by molar-refractivity contribution is 0.0725. The fraction of sp³-hybridized carbons (Fsp3) is 1.00. The van der Waals surface area contributed by atoms with Gasteiger partial charge in [-0.3, -0.25) is 0 Å². The van der Waals surface area contributed by atoms with Gasteiger partial charge in [-0.2, -0.15) is 0 Å². The number of rotatable bonds is 0. The molecule has 1 aliphatic heterocycles. The summed E-state index contributed by atoms with van der Waals surface area (Å²) in [5.74, 6) is 1.38. The molecule has 3 atom stereocenters. The molecular formula is C8H14N2O. The van der Waals surface area contributed by atoms with Gasteiger partial charge in [-0.1, -0.05) is 0 Å². The zero-order valence-electron chi connectivity index (χ0n) is 6.51. The van der Waals surface area contributed by atoms with Crippen LogP contribution >= 0.6 is 0 Å². The highest BCUT2D eigenvalue weighted by molar-refractivity contribution is 5.12. The van der Waals surface area contributed by atoms with Crippen LogP contribution in [0.2, 0.25) is 0 Å². The lowest BCUT2D eigenvalue weighted by Crippen LogP contribution is -2.39. The SMILES string of the molecule is OC1C[C@H]2CC[C@@H](C1)C21NN1. The third kappa shape index (κ3) is 0.687. The molecule has 0 aromatic carbocycles. The third-order valence-corrected chi connectivity index (χ3v) is 3.68. The van der Waals surface area contributed by atoms with E-state index in [0.717, 1.165) is 12.8 Å². The van der Waals surface area contributed by atoms with Crippen LogP contribution in [0.25, 0.3) is 0 Å². The Balaban J connectivity index is 1.91. The van der Waals surface area contributed by atoms with E-state index in [1.54, 1.807) is 0 Å². The van der Waals surface area contributed by atoms with Crippen LogP contribution in [0.3, 0.4) is 0 Å². The van der Waals surface area contributed by atoms with Crippen molar-refractivity contribution >= 4 is 0 Å². The minimum absolute atomic E-state index is 0.0256. The Morgan fingerprint density at radius 3 is 2.09 bits per heavy atom. The van der Waals surface area contributed by atoms with Crippen molar-refractivity contribution in [2.24, 2.45) is 11.8 Å². The number of hydrogen-bond acceptors (Lipinski definition) is 3. The highest BCUT2D eigenvalue weighted by Gasteiger charge is 2.61. The van der Waals surface area contributed by atoms with Crippen molar-refractivity contribution < 1.29 is 5.11 Å². The molecule has 11 heavy (non-hydrogen) atoms. The molecule has 3 N–H and O–H groups in total. The van der Waals surface area contributed by atoms with Crippen LogP contribution in [0.1, 0.15) is 25.7 Å². The molecule has 1 saturated heterocycles. The molecule has 3 fully saturated rings. The lowest BCUT2D eigenvalue weighted by Gasteiger charge is -2.30. The Hall–Kier alpha value is -0.120. The van der Waals surface area contributed by atoms with Crippen molar-refractivity contribution in [2.45, 2.75) is 37.5 Å². The van der Waals surface area contributed by atoms with Crippen molar-refractivity contribution in [2.75, 3.05) is 0 Å². The molecule has 3 aliphatic rings. The molecule has 1 unspecified atom stereocenters. The molecular weight excluding hydrogens is 140 g/mol. The number of hydrazine groups is 1. The van der Waals surface area contributed by atoms with E-state index >= 15 is 0 Å². The topological polar surface area (TPSA) is 64.1 Å². The molecule has 1 heterocycles. The van der Waals surface area contributed by atoms with Crippen LogP contribution in [0, 0.1) is 11.8 Å². The number of hydrogen-bond donors (Lipinski definition) is 3. The van der Waals surface area contributed by atoms with Gasteiger partial charge in [0.25, 0.3) is 0 Å². The first-order valence-electron chi connectivity index (χ1n) is 4.54. The Bertz CT molecular complexity index is 175. The van der Waals surface area contributed by atoms with Crippen LogP contribution in [0.15, 0.2) is 0 Å². The predicted molar refractivity (Wildman–Crippen MR) is 40.5 cm³/mol. The number of aliphatic hydroxyl groups is 1. The van der Waals surface area contributed by atoms with Gasteiger partial charge in [-0.05, 0) is 37.5 Å². The van der Waals surface area contributed by atoms with Gasteiger partial charge >= 0.3 is 0 Å². The van der Waals surface area contributed by atoms with Crippen LogP contribution in [-0.2, 0) is 0 Å². The first-order valence-corrected chi connectivity index (χ1v) is 4.54. The second-order valence-electron chi connectivity index (χ2n) is 4.22. The quantitative estimate of drug-likeness (QED) is 0.429. The summed E-state index contributed by atoms with van der Waals surface area (Å²) in [6, 6.07) is 0. The highest BCUT2D eigenvalue weighted by atomic mass is 16.3. The van der Waals surface area contributed by atoms with Crippen LogP contribution < -0.4 is 10.9 Å². The molecule has 0 aromatic heterocycles. The summed E-state index contributed by atoms with van der Waals surface area (Å²) in [5, 5.41) is 9.49. The molecule has 1 spiro atoms. The first-order chi connectivity index (χ1) is 5.31. The minimum atomic E-state index is -0.0256. The molecule has 2 bridgehead atoms. The largest absolute Gasteiger partial charge is 0.393 e. The standard InChI is InChI=1S/C8H14N2O/c11-7-3-5-1-2-6(4-7)8(5)9-10-8/h5-7,9-11H,1-4H2/t5-,6+,7?. The molecule has 3 rings (SSSR count). The predicted octanol–water partition coefficient (Wildman–Crippen LogP) is -0.0286. The van der Waals surface area contributed by atoms with E-state index in [0.29, 0.717) is 11.8 Å². The fourth-order valence-corrected chi connectivity index (χ4v) is 3.03. The Morgan fingerprint density at radius 1 is 1.09 bits per heavy atom. The lowest BCUT2D eigenvalue weighted by atomic mass is 9.80. The van der Waals surface area contributed by atoms with Crippen molar-refractivity contribution in [1.82, 2.24) is 10.9 Å². The van der Waals surface area contributed by atoms with Gasteiger partial charge < -0.3 is 5.11 Å². The van der Waals surface area contributed by atoms with Gasteiger partial charge in [-0.25, -0.2) is 10.9 Å². The van der Waals surface area contributed by atoms with E-state index in [9.17, 15) is 5.11 Å². The van der Waals surface area contributed by atoms with Crippen LogP contribution in [-0.4, -0.2) is 16.9 Å². The molecule has 3 nitrogen and oxygen atoms in total. The second kappa shape index (κ2) is 1.79. The summed E-state index contributed by atoms with van der Waals surface area (Å²) in [5.41, 5.74) is 6.82. The summed E-state index contributed by atoms with van der Waals surface area (Å²) >= 11 is 0.